The van der Waals surface area contributed by atoms with Gasteiger partial charge in [-0.2, -0.15) is 0 Å². The Kier molecular flexibility index (Phi) is 7.91. The highest BCUT2D eigenvalue weighted by atomic mass is 79.9. The maximum Gasteiger partial charge on any atom is 0.330 e. The molecule has 0 aliphatic rings. The van der Waals surface area contributed by atoms with Crippen LogP contribution < -0.4 is 0 Å². The average Bonchev–Trinajstić information content (AvgIpc) is 2.03. The van der Waals surface area contributed by atoms with Crippen LogP contribution in [0.3, 0.4) is 0 Å². The number of carbonyl (C=O) groups is 1. The fourth-order valence-corrected chi connectivity index (χ4v) is 0.839. The van der Waals surface area contributed by atoms with E-state index in [4.69, 9.17) is 4.74 Å². The van der Waals surface area contributed by atoms with Crippen molar-refractivity contribution in [2.45, 2.75) is 23.5 Å². The summed E-state index contributed by atoms with van der Waals surface area (Å²) in [6.45, 7) is 2.51. The van der Waals surface area contributed by atoms with Crippen molar-refractivity contribution in [2.75, 3.05) is 6.61 Å². The van der Waals surface area contributed by atoms with Crippen molar-refractivity contribution in [3.63, 3.8) is 0 Å². The number of carbonyl (C=O) groups excluding carboxylic acids is 1. The number of esters is 1. The van der Waals surface area contributed by atoms with E-state index in [0.717, 1.165) is 12.8 Å². The number of halogens is 2. The molecule has 0 bridgehead atoms. The molecular weight excluding hydrogens is 288 g/mol. The molecule has 0 atom stereocenters. The van der Waals surface area contributed by atoms with Gasteiger partial charge in [0.05, 0.1) is 6.61 Å². The average molecular weight is 300 g/mol. The molecule has 0 fully saturated rings. The summed E-state index contributed by atoms with van der Waals surface area (Å²) in [5.74, 6) is -0.278. The summed E-state index contributed by atoms with van der Waals surface area (Å²) in [6.07, 6.45) is 5.86. The fourth-order valence-electron chi connectivity index (χ4n) is 0.575. The molecular formula is C8H12Br2O2. The molecule has 0 unspecified atom stereocenters. The Labute approximate surface area is 89.6 Å². The lowest BCUT2D eigenvalue weighted by Gasteiger charge is -2.02. The third kappa shape index (κ3) is 6.85. The summed E-state index contributed by atoms with van der Waals surface area (Å²) in [7, 11) is 0. The van der Waals surface area contributed by atoms with E-state index in [-0.39, 0.29) is 9.71 Å². The number of hydrogen-bond acceptors (Lipinski definition) is 2. The van der Waals surface area contributed by atoms with Crippen molar-refractivity contribution in [2.24, 2.45) is 0 Å². The summed E-state index contributed by atoms with van der Waals surface area (Å²) < 4.78 is 4.48. The predicted octanol–water partition coefficient (Wildman–Crippen LogP) is 3.00. The molecule has 0 aromatic heterocycles. The highest BCUT2D eigenvalue weighted by Gasteiger charge is 2.10. The predicted molar refractivity (Wildman–Crippen MR) is 56.6 cm³/mol. The van der Waals surface area contributed by atoms with E-state index in [2.05, 4.69) is 38.8 Å². The van der Waals surface area contributed by atoms with Gasteiger partial charge in [0.25, 0.3) is 0 Å². The van der Waals surface area contributed by atoms with E-state index in [0.29, 0.717) is 6.61 Å². The van der Waals surface area contributed by atoms with Crippen LogP contribution in [0.1, 0.15) is 19.8 Å². The van der Waals surface area contributed by atoms with Crippen molar-refractivity contribution >= 4 is 37.8 Å². The minimum atomic E-state index is -0.389. The van der Waals surface area contributed by atoms with Crippen LogP contribution in [0.25, 0.3) is 0 Å². The van der Waals surface area contributed by atoms with Gasteiger partial charge in [0.1, 0.15) is 0 Å². The smallest absolute Gasteiger partial charge is 0.330 e. The van der Waals surface area contributed by atoms with Gasteiger partial charge < -0.3 is 4.74 Å². The maximum atomic E-state index is 10.8. The molecule has 70 valence electrons. The standard InChI is InChI=1S/C8H12Br2O2/c1-2-3-4-5-6-12-8(11)7(9)10/h3-4,7H,2,5-6H2,1H3/b4-3-. The van der Waals surface area contributed by atoms with E-state index < -0.39 is 0 Å². The van der Waals surface area contributed by atoms with Crippen LogP contribution in [0.15, 0.2) is 12.2 Å². The lowest BCUT2D eigenvalue weighted by molar-refractivity contribution is -0.140. The molecule has 0 rings (SSSR count). The quantitative estimate of drug-likeness (QED) is 0.338. The van der Waals surface area contributed by atoms with Crippen LogP contribution in [0.4, 0.5) is 0 Å². The zero-order valence-electron chi connectivity index (χ0n) is 6.93. The SMILES string of the molecule is CC/C=C\CCOC(=O)C(Br)Br. The third-order valence-electron chi connectivity index (χ3n) is 1.11. The summed E-state index contributed by atoms with van der Waals surface area (Å²) in [5.41, 5.74) is 0. The Hall–Kier alpha value is 0.170. The van der Waals surface area contributed by atoms with Gasteiger partial charge in [0, 0.05) is 0 Å². The van der Waals surface area contributed by atoms with Crippen LogP contribution in [0.2, 0.25) is 0 Å². The van der Waals surface area contributed by atoms with Crippen LogP contribution in [-0.4, -0.2) is 16.3 Å². The lowest BCUT2D eigenvalue weighted by atomic mass is 10.3. The van der Waals surface area contributed by atoms with E-state index >= 15 is 0 Å². The van der Waals surface area contributed by atoms with Gasteiger partial charge in [-0.25, -0.2) is 4.79 Å². The van der Waals surface area contributed by atoms with Gasteiger partial charge in [-0.05, 0) is 12.8 Å². The molecule has 0 heterocycles. The van der Waals surface area contributed by atoms with E-state index in [1.807, 2.05) is 12.2 Å². The molecule has 0 aromatic rings. The Morgan fingerprint density at radius 1 is 1.50 bits per heavy atom. The van der Waals surface area contributed by atoms with Crippen LogP contribution in [0, 0.1) is 0 Å². The third-order valence-corrected chi connectivity index (χ3v) is 1.86. The summed E-state index contributed by atoms with van der Waals surface area (Å²) in [6, 6.07) is 0. The highest BCUT2D eigenvalue weighted by Crippen LogP contribution is 2.09. The highest BCUT2D eigenvalue weighted by molar-refractivity contribution is 9.25. The topological polar surface area (TPSA) is 26.3 Å². The molecule has 0 saturated heterocycles. The van der Waals surface area contributed by atoms with Crippen LogP contribution in [0.5, 0.6) is 0 Å². The van der Waals surface area contributed by atoms with Gasteiger partial charge in [0.15, 0.2) is 3.74 Å². The van der Waals surface area contributed by atoms with E-state index in [1.165, 1.54) is 0 Å². The van der Waals surface area contributed by atoms with Gasteiger partial charge >= 0.3 is 5.97 Å². The Balaban J connectivity index is 3.31. The Morgan fingerprint density at radius 2 is 2.17 bits per heavy atom. The first kappa shape index (κ1) is 12.2. The van der Waals surface area contributed by atoms with E-state index in [1.54, 1.807) is 0 Å². The van der Waals surface area contributed by atoms with Crippen molar-refractivity contribution < 1.29 is 9.53 Å². The second-order valence-electron chi connectivity index (χ2n) is 2.14. The van der Waals surface area contributed by atoms with Gasteiger partial charge in [0.2, 0.25) is 0 Å². The van der Waals surface area contributed by atoms with Crippen LogP contribution >= 0.6 is 31.9 Å². The normalized spacial score (nSPS) is 11.0. The molecule has 0 spiro atoms. The lowest BCUT2D eigenvalue weighted by Crippen LogP contribution is -2.11. The number of alkyl halides is 2. The second kappa shape index (κ2) is 7.80. The van der Waals surface area contributed by atoms with Crippen molar-refractivity contribution in [1.29, 1.82) is 0 Å². The number of rotatable bonds is 5. The van der Waals surface area contributed by atoms with Crippen molar-refractivity contribution in [3.8, 4) is 0 Å². The second-order valence-corrected chi connectivity index (χ2v) is 5.20. The zero-order valence-corrected chi connectivity index (χ0v) is 10.1. The van der Waals surface area contributed by atoms with Gasteiger partial charge in [-0.1, -0.05) is 50.9 Å². The molecule has 0 aliphatic carbocycles. The first-order valence-electron chi connectivity index (χ1n) is 3.78. The monoisotopic (exact) mass is 298 g/mol. The number of allylic oxidation sites excluding steroid dienone is 1. The summed E-state index contributed by atoms with van der Waals surface area (Å²) in [5, 5.41) is 0. The summed E-state index contributed by atoms with van der Waals surface area (Å²) >= 11 is 6.09. The van der Waals surface area contributed by atoms with Gasteiger partial charge in [-0.15, -0.1) is 0 Å². The number of ether oxygens (including phenoxy) is 1. The molecule has 0 radical (unpaired) electrons. The zero-order chi connectivity index (χ0) is 9.40. The first-order chi connectivity index (χ1) is 5.68. The molecule has 0 saturated carbocycles. The molecule has 4 heteroatoms. The van der Waals surface area contributed by atoms with Crippen molar-refractivity contribution in [1.82, 2.24) is 0 Å². The molecule has 2 nitrogen and oxygen atoms in total. The molecule has 12 heavy (non-hydrogen) atoms. The largest absolute Gasteiger partial charge is 0.464 e. The number of hydrogen-bond donors (Lipinski definition) is 0. The molecule has 0 aliphatic heterocycles. The molecule has 0 aromatic carbocycles. The Bertz CT molecular complexity index is 155. The van der Waals surface area contributed by atoms with E-state index in [9.17, 15) is 4.79 Å². The maximum absolute atomic E-state index is 10.8. The first-order valence-corrected chi connectivity index (χ1v) is 5.61. The summed E-state index contributed by atoms with van der Waals surface area (Å²) in [4.78, 5) is 10.8. The minimum Gasteiger partial charge on any atom is -0.464 e. The fraction of sp³-hybridized carbons (Fsp3) is 0.625. The Morgan fingerprint density at radius 3 is 2.67 bits per heavy atom. The minimum absolute atomic E-state index is 0.278. The van der Waals surface area contributed by atoms with Crippen molar-refractivity contribution in [3.05, 3.63) is 12.2 Å². The molecule has 0 amide bonds. The van der Waals surface area contributed by atoms with Crippen LogP contribution in [-0.2, 0) is 9.53 Å². The van der Waals surface area contributed by atoms with Gasteiger partial charge in [-0.3, -0.25) is 0 Å². The molecule has 0 N–H and O–H groups in total.